The molecule has 3 rings (SSSR count). The van der Waals surface area contributed by atoms with Gasteiger partial charge in [0.1, 0.15) is 11.6 Å². The fourth-order valence-electron chi connectivity index (χ4n) is 2.90. The van der Waals surface area contributed by atoms with Gasteiger partial charge in [-0.2, -0.15) is 0 Å². The number of benzene rings is 1. The van der Waals surface area contributed by atoms with E-state index in [-0.39, 0.29) is 11.2 Å². The van der Waals surface area contributed by atoms with Gasteiger partial charge in [-0.15, -0.1) is 11.6 Å². The van der Waals surface area contributed by atoms with Crippen LogP contribution in [0.3, 0.4) is 0 Å². The third kappa shape index (κ3) is 2.44. The number of hydrogen-bond donors (Lipinski definition) is 0. The zero-order chi connectivity index (χ0) is 14.4. The Kier molecular flexibility index (Phi) is 3.94. The molecule has 1 aliphatic rings. The highest BCUT2D eigenvalue weighted by molar-refractivity contribution is 14.1. The molecule has 3 nitrogen and oxygen atoms in total. The van der Waals surface area contributed by atoms with Crippen molar-refractivity contribution in [3.8, 4) is 0 Å². The van der Waals surface area contributed by atoms with Gasteiger partial charge < -0.3 is 9.47 Å². The molecule has 108 valence electrons. The van der Waals surface area contributed by atoms with Crippen molar-refractivity contribution in [1.29, 1.82) is 0 Å². The van der Waals surface area contributed by atoms with Crippen molar-refractivity contribution in [2.45, 2.75) is 24.8 Å². The molecule has 0 N–H and O–H groups in total. The van der Waals surface area contributed by atoms with E-state index < -0.39 is 0 Å². The second-order valence-electron chi connectivity index (χ2n) is 5.42. The van der Waals surface area contributed by atoms with Crippen LogP contribution >= 0.6 is 34.2 Å². The van der Waals surface area contributed by atoms with Crippen LogP contribution in [0, 0.1) is 9.39 Å². The molecule has 0 bridgehead atoms. The lowest BCUT2D eigenvalue weighted by molar-refractivity contribution is 0.392. The molecule has 0 saturated carbocycles. The molecule has 0 aliphatic carbocycles. The maximum atomic E-state index is 13.9. The van der Waals surface area contributed by atoms with Crippen molar-refractivity contribution in [2.75, 3.05) is 20.1 Å². The monoisotopic (exact) mass is 407 g/mol. The molecule has 1 aromatic heterocycles. The predicted molar refractivity (Wildman–Crippen MR) is 87.8 cm³/mol. The normalized spacial score (nSPS) is 21.8. The summed E-state index contributed by atoms with van der Waals surface area (Å²) < 4.78 is 16.6. The van der Waals surface area contributed by atoms with Gasteiger partial charge in [0.2, 0.25) is 0 Å². The van der Waals surface area contributed by atoms with Crippen molar-refractivity contribution in [2.24, 2.45) is 0 Å². The minimum atomic E-state index is -0.195. The Bertz CT molecular complexity index is 655. The smallest absolute Gasteiger partial charge is 0.138 e. The third-order valence-electron chi connectivity index (χ3n) is 3.85. The Labute approximate surface area is 136 Å². The van der Waals surface area contributed by atoms with Crippen LogP contribution in [-0.2, 0) is 0 Å². The van der Waals surface area contributed by atoms with Crippen LogP contribution in [0.15, 0.2) is 12.1 Å². The van der Waals surface area contributed by atoms with Crippen LogP contribution in [-0.4, -0.2) is 34.6 Å². The molecule has 0 spiro atoms. The maximum absolute atomic E-state index is 13.9. The average Bonchev–Trinajstić information content (AvgIpc) is 2.94. The van der Waals surface area contributed by atoms with E-state index in [0.717, 1.165) is 36.4 Å². The SMILES string of the molecule is CC(Cl)c1nc2cc(I)c(F)cc2n1C1CCN(C)C1. The number of halogens is 3. The first-order valence-electron chi connectivity index (χ1n) is 6.67. The largest absolute Gasteiger partial charge is 0.322 e. The Hall–Kier alpha value is -0.400. The second-order valence-corrected chi connectivity index (χ2v) is 7.23. The third-order valence-corrected chi connectivity index (χ3v) is 4.87. The van der Waals surface area contributed by atoms with Crippen molar-refractivity contribution >= 4 is 45.2 Å². The van der Waals surface area contributed by atoms with E-state index in [0.29, 0.717) is 9.61 Å². The fourth-order valence-corrected chi connectivity index (χ4v) is 3.50. The summed E-state index contributed by atoms with van der Waals surface area (Å²) in [5.74, 6) is 0.641. The van der Waals surface area contributed by atoms with Gasteiger partial charge in [0.15, 0.2) is 0 Å². The van der Waals surface area contributed by atoms with Crippen LogP contribution in [0.1, 0.15) is 30.6 Å². The van der Waals surface area contributed by atoms with Gasteiger partial charge in [-0.05, 0) is 55.6 Å². The minimum Gasteiger partial charge on any atom is -0.322 e. The number of nitrogens with zero attached hydrogens (tertiary/aromatic N) is 3. The Balaban J connectivity index is 2.21. The van der Waals surface area contributed by atoms with Crippen LogP contribution < -0.4 is 0 Å². The molecule has 0 amide bonds. The van der Waals surface area contributed by atoms with Crippen molar-refractivity contribution in [3.05, 3.63) is 27.3 Å². The van der Waals surface area contributed by atoms with E-state index >= 15 is 0 Å². The lowest BCUT2D eigenvalue weighted by Gasteiger charge is -2.18. The molecule has 6 heteroatoms. The van der Waals surface area contributed by atoms with E-state index in [4.69, 9.17) is 11.6 Å². The number of likely N-dealkylation sites (N-methyl/N-ethyl adjacent to an activating group) is 1. The first-order chi connectivity index (χ1) is 9.47. The summed E-state index contributed by atoms with van der Waals surface area (Å²) >= 11 is 8.28. The number of alkyl halides is 1. The number of fused-ring (bicyclic) bond motifs is 1. The quantitative estimate of drug-likeness (QED) is 0.555. The van der Waals surface area contributed by atoms with Crippen LogP contribution in [0.4, 0.5) is 4.39 Å². The average molecular weight is 408 g/mol. The lowest BCUT2D eigenvalue weighted by atomic mass is 10.2. The zero-order valence-electron chi connectivity index (χ0n) is 11.4. The molecule has 1 fully saturated rings. The second kappa shape index (κ2) is 5.42. The van der Waals surface area contributed by atoms with Crippen molar-refractivity contribution in [1.82, 2.24) is 14.5 Å². The Morgan fingerprint density at radius 2 is 2.25 bits per heavy atom. The molecule has 1 aliphatic heterocycles. The van der Waals surface area contributed by atoms with Crippen molar-refractivity contribution in [3.63, 3.8) is 0 Å². The molecular weight excluding hydrogens is 392 g/mol. The van der Waals surface area contributed by atoms with Gasteiger partial charge in [-0.1, -0.05) is 0 Å². The molecule has 2 atom stereocenters. The number of likely N-dealkylation sites (tertiary alicyclic amines) is 1. The molecule has 2 unspecified atom stereocenters. The zero-order valence-corrected chi connectivity index (χ0v) is 14.3. The Morgan fingerprint density at radius 1 is 1.50 bits per heavy atom. The van der Waals surface area contributed by atoms with Gasteiger partial charge in [-0.25, -0.2) is 9.37 Å². The molecular formula is C14H16ClFIN3. The minimum absolute atomic E-state index is 0.186. The van der Waals surface area contributed by atoms with Gasteiger partial charge in [0.05, 0.1) is 20.0 Å². The predicted octanol–water partition coefficient (Wildman–Crippen LogP) is 3.96. The van der Waals surface area contributed by atoms with Gasteiger partial charge >= 0.3 is 0 Å². The molecule has 1 saturated heterocycles. The summed E-state index contributed by atoms with van der Waals surface area (Å²) in [6.45, 7) is 3.92. The van der Waals surface area contributed by atoms with E-state index in [9.17, 15) is 4.39 Å². The van der Waals surface area contributed by atoms with Gasteiger partial charge in [-0.3, -0.25) is 0 Å². The lowest BCUT2D eigenvalue weighted by Crippen LogP contribution is -2.18. The standard InChI is InChI=1S/C14H16ClFIN3/c1-8(15)14-18-12-6-11(17)10(16)5-13(12)20(14)9-3-4-19(2)7-9/h5-6,8-9H,3-4,7H2,1-2H3. The molecule has 20 heavy (non-hydrogen) atoms. The highest BCUT2D eigenvalue weighted by Gasteiger charge is 2.27. The van der Waals surface area contributed by atoms with Crippen molar-refractivity contribution < 1.29 is 4.39 Å². The van der Waals surface area contributed by atoms with Gasteiger partial charge in [0, 0.05) is 18.7 Å². The highest BCUT2D eigenvalue weighted by atomic mass is 127. The van der Waals surface area contributed by atoms with Crippen LogP contribution in [0.25, 0.3) is 11.0 Å². The van der Waals surface area contributed by atoms with E-state index in [1.807, 2.05) is 29.5 Å². The van der Waals surface area contributed by atoms with Crippen LogP contribution in [0.2, 0.25) is 0 Å². The summed E-state index contributed by atoms with van der Waals surface area (Å²) in [6.07, 6.45) is 1.05. The number of imidazole rings is 1. The summed E-state index contributed by atoms with van der Waals surface area (Å²) in [4.78, 5) is 6.90. The van der Waals surface area contributed by atoms with Gasteiger partial charge in [0.25, 0.3) is 0 Å². The van der Waals surface area contributed by atoms with E-state index in [2.05, 4.69) is 21.5 Å². The Morgan fingerprint density at radius 3 is 2.85 bits per heavy atom. The molecule has 2 heterocycles. The summed E-state index contributed by atoms with van der Waals surface area (Å²) in [5.41, 5.74) is 1.68. The number of aromatic nitrogens is 2. The fraction of sp³-hybridized carbons (Fsp3) is 0.500. The highest BCUT2D eigenvalue weighted by Crippen LogP contribution is 2.33. The molecule has 0 radical (unpaired) electrons. The van der Waals surface area contributed by atoms with Crippen LogP contribution in [0.5, 0.6) is 0 Å². The number of rotatable bonds is 2. The summed E-state index contributed by atoms with van der Waals surface area (Å²) in [7, 11) is 2.10. The molecule has 1 aromatic carbocycles. The maximum Gasteiger partial charge on any atom is 0.138 e. The topological polar surface area (TPSA) is 21.1 Å². The first-order valence-corrected chi connectivity index (χ1v) is 8.18. The number of hydrogen-bond acceptors (Lipinski definition) is 2. The van der Waals surface area contributed by atoms with E-state index in [1.54, 1.807) is 12.1 Å². The summed E-state index contributed by atoms with van der Waals surface area (Å²) in [5, 5.41) is -0.186. The first kappa shape index (κ1) is 14.5. The molecule has 2 aromatic rings. The summed E-state index contributed by atoms with van der Waals surface area (Å²) in [6, 6.07) is 3.70. The van der Waals surface area contributed by atoms with E-state index in [1.165, 1.54) is 0 Å².